The predicted molar refractivity (Wildman–Crippen MR) is 99.8 cm³/mol. The van der Waals surface area contributed by atoms with Crippen LogP contribution in [0.2, 0.25) is 0 Å². The summed E-state index contributed by atoms with van der Waals surface area (Å²) >= 11 is 0. The molecule has 1 fully saturated rings. The second kappa shape index (κ2) is 9.80. The highest BCUT2D eigenvalue weighted by Crippen LogP contribution is 2.22. The van der Waals surface area contributed by atoms with Gasteiger partial charge < -0.3 is 10.2 Å². The zero-order valence-corrected chi connectivity index (χ0v) is 15.7. The molecule has 24 heavy (non-hydrogen) atoms. The molecule has 1 aromatic rings. The van der Waals surface area contributed by atoms with E-state index in [-0.39, 0.29) is 30.0 Å². The molecule has 0 radical (unpaired) electrons. The summed E-state index contributed by atoms with van der Waals surface area (Å²) in [6.07, 6.45) is 2.57. The van der Waals surface area contributed by atoms with E-state index in [1.54, 1.807) is 7.05 Å². The molecule has 1 heterocycles. The van der Waals surface area contributed by atoms with Gasteiger partial charge in [0, 0.05) is 24.6 Å². The smallest absolute Gasteiger partial charge is 0.236 e. The molecule has 1 aliphatic rings. The number of carbonyl (C=O) groups is 2. The van der Waals surface area contributed by atoms with Gasteiger partial charge >= 0.3 is 0 Å². The van der Waals surface area contributed by atoms with Crippen LogP contribution in [0.4, 0.5) is 0 Å². The molecule has 1 amide bonds. The van der Waals surface area contributed by atoms with Crippen LogP contribution in [0.15, 0.2) is 24.3 Å². The van der Waals surface area contributed by atoms with Gasteiger partial charge in [0.15, 0.2) is 5.78 Å². The topological polar surface area (TPSA) is 49.4 Å². The molecule has 1 aromatic carbocycles. The van der Waals surface area contributed by atoms with Crippen molar-refractivity contribution in [3.8, 4) is 0 Å². The van der Waals surface area contributed by atoms with E-state index in [0.717, 1.165) is 24.8 Å². The molecule has 0 unspecified atom stereocenters. The average molecular weight is 353 g/mol. The van der Waals surface area contributed by atoms with Crippen molar-refractivity contribution in [2.45, 2.75) is 33.1 Å². The van der Waals surface area contributed by atoms with E-state index in [1.807, 2.05) is 17.0 Å². The number of benzene rings is 1. The van der Waals surface area contributed by atoms with Gasteiger partial charge in [-0.2, -0.15) is 0 Å². The highest BCUT2D eigenvalue weighted by Gasteiger charge is 2.27. The molecule has 2 rings (SSSR count). The van der Waals surface area contributed by atoms with Gasteiger partial charge in [0.1, 0.15) is 0 Å². The zero-order valence-electron chi connectivity index (χ0n) is 14.9. The van der Waals surface area contributed by atoms with E-state index in [4.69, 9.17) is 0 Å². The summed E-state index contributed by atoms with van der Waals surface area (Å²) in [7, 11) is 1.77. The number of amides is 1. The highest BCUT2D eigenvalue weighted by molar-refractivity contribution is 5.98. The lowest BCUT2D eigenvalue weighted by molar-refractivity contribution is -0.131. The number of hydrogen-bond acceptors (Lipinski definition) is 3. The Balaban J connectivity index is 0.00000288. The molecular weight excluding hydrogens is 324 g/mol. The van der Waals surface area contributed by atoms with Crippen LogP contribution in [-0.4, -0.2) is 43.3 Å². The number of piperidine rings is 1. The number of halogens is 1. The van der Waals surface area contributed by atoms with Crippen LogP contribution in [0, 0.1) is 11.8 Å². The molecule has 0 aromatic heterocycles. The maximum atomic E-state index is 12.6. The SMILES string of the molecule is CNCC(=O)N1CCC(C(=O)c2ccc(CC(C)C)cc2)CC1.Cl. The van der Waals surface area contributed by atoms with E-state index in [0.29, 0.717) is 25.6 Å². The summed E-state index contributed by atoms with van der Waals surface area (Å²) < 4.78 is 0. The van der Waals surface area contributed by atoms with Crippen molar-refractivity contribution in [1.29, 1.82) is 0 Å². The van der Waals surface area contributed by atoms with Crippen LogP contribution in [0.5, 0.6) is 0 Å². The number of ketones is 1. The van der Waals surface area contributed by atoms with Crippen LogP contribution >= 0.6 is 12.4 Å². The molecule has 134 valence electrons. The van der Waals surface area contributed by atoms with Gasteiger partial charge in [0.2, 0.25) is 5.91 Å². The first-order chi connectivity index (χ1) is 11.0. The first-order valence-corrected chi connectivity index (χ1v) is 8.56. The van der Waals surface area contributed by atoms with Crippen LogP contribution in [-0.2, 0) is 11.2 Å². The molecule has 1 N–H and O–H groups in total. The van der Waals surface area contributed by atoms with Crippen molar-refractivity contribution >= 4 is 24.1 Å². The van der Waals surface area contributed by atoms with E-state index < -0.39 is 0 Å². The second-order valence-electron chi connectivity index (χ2n) is 6.84. The number of nitrogens with one attached hydrogen (secondary N) is 1. The van der Waals surface area contributed by atoms with E-state index in [9.17, 15) is 9.59 Å². The summed E-state index contributed by atoms with van der Waals surface area (Å²) in [5.41, 5.74) is 2.08. The third-order valence-electron chi connectivity index (χ3n) is 4.43. The molecule has 0 saturated carbocycles. The summed E-state index contributed by atoms with van der Waals surface area (Å²) in [4.78, 5) is 26.3. The Hall–Kier alpha value is -1.39. The molecule has 4 nitrogen and oxygen atoms in total. The number of likely N-dealkylation sites (tertiary alicyclic amines) is 1. The van der Waals surface area contributed by atoms with Gasteiger partial charge in [0.05, 0.1) is 6.54 Å². The monoisotopic (exact) mass is 352 g/mol. The maximum absolute atomic E-state index is 12.6. The second-order valence-corrected chi connectivity index (χ2v) is 6.84. The number of carbonyl (C=O) groups excluding carboxylic acids is 2. The number of Topliss-reactive ketones (excluding diaryl/α,β-unsaturated/α-hetero) is 1. The third kappa shape index (κ3) is 5.60. The van der Waals surface area contributed by atoms with Gasteiger partial charge in [-0.05, 0) is 37.8 Å². The Morgan fingerprint density at radius 3 is 2.25 bits per heavy atom. The fourth-order valence-corrected chi connectivity index (χ4v) is 3.17. The van der Waals surface area contributed by atoms with Gasteiger partial charge in [-0.15, -0.1) is 12.4 Å². The lowest BCUT2D eigenvalue weighted by Crippen LogP contribution is -2.43. The minimum absolute atomic E-state index is 0. The van der Waals surface area contributed by atoms with Crippen molar-refractivity contribution < 1.29 is 9.59 Å². The number of nitrogens with zero attached hydrogens (tertiary/aromatic N) is 1. The van der Waals surface area contributed by atoms with E-state index in [1.165, 1.54) is 5.56 Å². The standard InChI is InChI=1S/C19H28N2O2.ClH/c1-14(2)12-15-4-6-16(7-5-15)19(23)17-8-10-21(11-9-17)18(22)13-20-3;/h4-7,14,17,20H,8-13H2,1-3H3;1H. The van der Waals surface area contributed by atoms with Crippen molar-refractivity contribution in [3.63, 3.8) is 0 Å². The van der Waals surface area contributed by atoms with Crippen molar-refractivity contribution in [1.82, 2.24) is 10.2 Å². The predicted octanol–water partition coefficient (Wildman–Crippen LogP) is 2.95. The lowest BCUT2D eigenvalue weighted by atomic mass is 9.88. The summed E-state index contributed by atoms with van der Waals surface area (Å²) in [5, 5.41) is 2.89. The van der Waals surface area contributed by atoms with Crippen molar-refractivity contribution in [2.75, 3.05) is 26.7 Å². The zero-order chi connectivity index (χ0) is 16.8. The van der Waals surface area contributed by atoms with Crippen molar-refractivity contribution in [2.24, 2.45) is 11.8 Å². The summed E-state index contributed by atoms with van der Waals surface area (Å²) in [6, 6.07) is 8.05. The molecule has 0 spiro atoms. The largest absolute Gasteiger partial charge is 0.342 e. The van der Waals surface area contributed by atoms with Crippen LogP contribution in [0.3, 0.4) is 0 Å². The summed E-state index contributed by atoms with van der Waals surface area (Å²) in [6.45, 7) is 6.13. The number of rotatable bonds is 6. The lowest BCUT2D eigenvalue weighted by Gasteiger charge is -2.31. The molecule has 1 aliphatic heterocycles. The average Bonchev–Trinajstić information content (AvgIpc) is 2.55. The Morgan fingerprint density at radius 1 is 1.17 bits per heavy atom. The van der Waals surface area contributed by atoms with Gasteiger partial charge in [-0.3, -0.25) is 9.59 Å². The number of hydrogen-bond donors (Lipinski definition) is 1. The van der Waals surface area contributed by atoms with Gasteiger partial charge in [-0.1, -0.05) is 38.1 Å². The first-order valence-electron chi connectivity index (χ1n) is 8.56. The normalized spacial score (nSPS) is 15.2. The molecule has 1 saturated heterocycles. The molecule has 0 aliphatic carbocycles. The van der Waals surface area contributed by atoms with Gasteiger partial charge in [0.25, 0.3) is 0 Å². The fourth-order valence-electron chi connectivity index (χ4n) is 3.17. The Kier molecular flexibility index (Phi) is 8.43. The maximum Gasteiger partial charge on any atom is 0.236 e. The van der Waals surface area contributed by atoms with E-state index in [2.05, 4.69) is 31.3 Å². The molecule has 0 bridgehead atoms. The minimum atomic E-state index is 0. The quantitative estimate of drug-likeness (QED) is 0.801. The van der Waals surface area contributed by atoms with E-state index >= 15 is 0 Å². The Labute approximate surface area is 151 Å². The summed E-state index contributed by atoms with van der Waals surface area (Å²) in [5.74, 6) is 1.01. The minimum Gasteiger partial charge on any atom is -0.342 e. The fraction of sp³-hybridized carbons (Fsp3) is 0.579. The first kappa shape index (κ1) is 20.7. The van der Waals surface area contributed by atoms with Crippen LogP contribution in [0.1, 0.15) is 42.6 Å². The molecule has 0 atom stereocenters. The molecular formula is C19H29ClN2O2. The Bertz CT molecular complexity index is 535. The number of likely N-dealkylation sites (N-methyl/N-ethyl adjacent to an activating group) is 1. The molecule has 5 heteroatoms. The third-order valence-corrected chi connectivity index (χ3v) is 4.43. The van der Waals surface area contributed by atoms with Crippen molar-refractivity contribution in [3.05, 3.63) is 35.4 Å². The van der Waals surface area contributed by atoms with Crippen LogP contribution in [0.25, 0.3) is 0 Å². The van der Waals surface area contributed by atoms with Crippen LogP contribution < -0.4 is 5.32 Å². The Morgan fingerprint density at radius 2 is 1.75 bits per heavy atom. The van der Waals surface area contributed by atoms with Gasteiger partial charge in [-0.25, -0.2) is 0 Å². The highest BCUT2D eigenvalue weighted by atomic mass is 35.5.